The Balaban J connectivity index is 1.43. The number of ether oxygens (including phenoxy) is 4. The molecule has 0 radical (unpaired) electrons. The number of carbonyl (C=O) groups excluding carboxylic acids is 2. The average molecular weight is 498 g/mol. The molecule has 0 aromatic heterocycles. The molecule has 2 aliphatic heterocycles. The van der Waals surface area contributed by atoms with E-state index in [0.717, 1.165) is 19.6 Å². The van der Waals surface area contributed by atoms with Crippen LogP contribution in [0.1, 0.15) is 20.7 Å². The zero-order valence-corrected chi connectivity index (χ0v) is 21.1. The van der Waals surface area contributed by atoms with Crippen molar-refractivity contribution in [3.8, 4) is 11.5 Å². The van der Waals surface area contributed by atoms with Gasteiger partial charge in [-0.05, 0) is 30.3 Å². The van der Waals surface area contributed by atoms with Crippen LogP contribution in [0.5, 0.6) is 11.5 Å². The van der Waals surface area contributed by atoms with Crippen LogP contribution in [0.3, 0.4) is 0 Å². The molecule has 9 heteroatoms. The monoisotopic (exact) mass is 497 g/mol. The first-order valence-corrected chi connectivity index (χ1v) is 12.4. The van der Waals surface area contributed by atoms with Crippen molar-refractivity contribution in [2.75, 3.05) is 79.9 Å². The van der Waals surface area contributed by atoms with Gasteiger partial charge in [0.25, 0.3) is 11.8 Å². The van der Waals surface area contributed by atoms with Gasteiger partial charge in [0.2, 0.25) is 0 Å². The molecule has 1 unspecified atom stereocenters. The Morgan fingerprint density at radius 3 is 2.42 bits per heavy atom. The fourth-order valence-electron chi connectivity index (χ4n) is 4.54. The minimum atomic E-state index is -0.278. The molecular weight excluding hydrogens is 462 g/mol. The third-order valence-electron chi connectivity index (χ3n) is 6.58. The number of nitrogens with zero attached hydrogens (tertiary/aromatic N) is 3. The highest BCUT2D eigenvalue weighted by atomic mass is 16.5. The van der Waals surface area contributed by atoms with E-state index in [4.69, 9.17) is 18.9 Å². The van der Waals surface area contributed by atoms with Gasteiger partial charge in [-0.1, -0.05) is 18.2 Å². The molecule has 2 fully saturated rings. The van der Waals surface area contributed by atoms with E-state index in [9.17, 15) is 9.59 Å². The normalized spacial score (nSPS) is 18.5. The molecule has 2 saturated heterocycles. The molecule has 2 amide bonds. The van der Waals surface area contributed by atoms with E-state index in [1.165, 1.54) is 0 Å². The van der Waals surface area contributed by atoms with E-state index in [1.54, 1.807) is 37.3 Å². The number of benzene rings is 2. The quantitative estimate of drug-likeness (QED) is 0.524. The molecule has 0 bridgehead atoms. The van der Waals surface area contributed by atoms with Gasteiger partial charge >= 0.3 is 0 Å². The second kappa shape index (κ2) is 12.7. The van der Waals surface area contributed by atoms with Gasteiger partial charge in [0.1, 0.15) is 0 Å². The predicted octanol–water partition coefficient (Wildman–Crippen LogP) is 2.02. The van der Waals surface area contributed by atoms with Crippen molar-refractivity contribution in [1.29, 1.82) is 0 Å². The average Bonchev–Trinajstić information content (AvgIpc) is 2.95. The van der Waals surface area contributed by atoms with Crippen LogP contribution in [0.25, 0.3) is 0 Å². The summed E-state index contributed by atoms with van der Waals surface area (Å²) in [4.78, 5) is 32.6. The Bertz CT molecular complexity index is 1010. The lowest BCUT2D eigenvalue weighted by molar-refractivity contribution is -0.0347. The summed E-state index contributed by atoms with van der Waals surface area (Å²) >= 11 is 0. The van der Waals surface area contributed by atoms with Crippen molar-refractivity contribution in [3.05, 3.63) is 59.7 Å². The van der Waals surface area contributed by atoms with Crippen LogP contribution in [0.4, 0.5) is 0 Å². The number of amides is 2. The van der Waals surface area contributed by atoms with Crippen molar-refractivity contribution in [2.45, 2.75) is 6.10 Å². The van der Waals surface area contributed by atoms with E-state index < -0.39 is 0 Å². The van der Waals surface area contributed by atoms with Crippen molar-refractivity contribution < 1.29 is 28.5 Å². The van der Waals surface area contributed by atoms with Gasteiger partial charge in [-0.15, -0.1) is 0 Å². The first-order valence-electron chi connectivity index (χ1n) is 12.4. The van der Waals surface area contributed by atoms with Gasteiger partial charge in [-0.2, -0.15) is 0 Å². The third kappa shape index (κ3) is 6.54. The molecule has 2 aromatic rings. The molecule has 9 nitrogen and oxygen atoms in total. The summed E-state index contributed by atoms with van der Waals surface area (Å²) in [6.45, 7) is 6.22. The molecule has 0 spiro atoms. The van der Waals surface area contributed by atoms with Crippen molar-refractivity contribution in [2.24, 2.45) is 0 Å². The van der Waals surface area contributed by atoms with Crippen LogP contribution in [-0.2, 0) is 9.47 Å². The molecule has 1 atom stereocenters. The number of carbonyl (C=O) groups is 2. The number of hydrogen-bond acceptors (Lipinski definition) is 7. The number of methoxy groups -OCH3 is 2. The molecule has 4 rings (SSSR count). The molecule has 0 saturated carbocycles. The zero-order chi connectivity index (χ0) is 25.3. The Kier molecular flexibility index (Phi) is 9.16. The maximum atomic E-state index is 13.4. The van der Waals surface area contributed by atoms with Crippen molar-refractivity contribution in [3.63, 3.8) is 0 Å². The lowest BCUT2D eigenvalue weighted by Crippen LogP contribution is -2.52. The van der Waals surface area contributed by atoms with Gasteiger partial charge in [-0.25, -0.2) is 0 Å². The van der Waals surface area contributed by atoms with E-state index in [2.05, 4.69) is 4.90 Å². The van der Waals surface area contributed by atoms with Crippen LogP contribution in [0.2, 0.25) is 0 Å². The lowest BCUT2D eigenvalue weighted by Gasteiger charge is -2.37. The van der Waals surface area contributed by atoms with Gasteiger partial charge in [0.15, 0.2) is 11.5 Å². The Morgan fingerprint density at radius 1 is 0.944 bits per heavy atom. The molecule has 36 heavy (non-hydrogen) atoms. The lowest BCUT2D eigenvalue weighted by atomic mass is 10.1. The maximum absolute atomic E-state index is 13.4. The summed E-state index contributed by atoms with van der Waals surface area (Å²) in [5.41, 5.74) is 1.17. The first-order chi connectivity index (χ1) is 17.6. The second-order valence-corrected chi connectivity index (χ2v) is 8.88. The fourth-order valence-corrected chi connectivity index (χ4v) is 4.54. The molecule has 0 aliphatic carbocycles. The first kappa shape index (κ1) is 25.9. The van der Waals surface area contributed by atoms with Gasteiger partial charge in [-0.3, -0.25) is 14.5 Å². The largest absolute Gasteiger partial charge is 0.493 e. The standard InChI is InChI=1S/C27H35N3O6/c1-33-24-9-8-22(18-25(24)34-2)27(32)30-14-17-36-23(20-30)19-29(11-10-28-12-15-35-16-13-28)26(31)21-6-4-3-5-7-21/h3-9,18,23H,10-17,19-20H2,1-2H3. The zero-order valence-electron chi connectivity index (χ0n) is 21.1. The SMILES string of the molecule is COc1ccc(C(=O)N2CCOC(CN(CCN3CCOCC3)C(=O)c3ccccc3)C2)cc1OC. The van der Waals surface area contributed by atoms with Crippen LogP contribution in [-0.4, -0.2) is 112 Å². The molecule has 2 aliphatic rings. The summed E-state index contributed by atoms with van der Waals surface area (Å²) in [7, 11) is 3.11. The molecule has 2 aromatic carbocycles. The number of morpholine rings is 2. The van der Waals surface area contributed by atoms with Gasteiger partial charge in [0, 0.05) is 56.9 Å². The molecule has 0 N–H and O–H groups in total. The summed E-state index contributed by atoms with van der Waals surface area (Å²) in [6.07, 6.45) is -0.278. The summed E-state index contributed by atoms with van der Waals surface area (Å²) in [5, 5.41) is 0. The maximum Gasteiger partial charge on any atom is 0.254 e. The molecule has 194 valence electrons. The third-order valence-corrected chi connectivity index (χ3v) is 6.58. The number of rotatable bonds is 9. The molecule has 2 heterocycles. The Labute approximate surface area is 212 Å². The minimum Gasteiger partial charge on any atom is -0.493 e. The minimum absolute atomic E-state index is 0.0317. The highest BCUT2D eigenvalue weighted by molar-refractivity contribution is 5.95. The molecular formula is C27H35N3O6. The van der Waals surface area contributed by atoms with E-state index >= 15 is 0 Å². The summed E-state index contributed by atoms with van der Waals surface area (Å²) < 4.78 is 22.1. The second-order valence-electron chi connectivity index (χ2n) is 8.88. The smallest absolute Gasteiger partial charge is 0.254 e. The summed E-state index contributed by atoms with van der Waals surface area (Å²) in [6, 6.07) is 14.5. The summed E-state index contributed by atoms with van der Waals surface area (Å²) in [5.74, 6) is 0.953. The number of hydrogen-bond donors (Lipinski definition) is 0. The van der Waals surface area contributed by atoms with E-state index in [0.29, 0.717) is 68.6 Å². The van der Waals surface area contributed by atoms with Crippen LogP contribution in [0.15, 0.2) is 48.5 Å². The Morgan fingerprint density at radius 2 is 1.69 bits per heavy atom. The predicted molar refractivity (Wildman–Crippen MR) is 135 cm³/mol. The van der Waals surface area contributed by atoms with E-state index in [-0.39, 0.29) is 17.9 Å². The van der Waals surface area contributed by atoms with Crippen LogP contribution < -0.4 is 9.47 Å². The Hall–Kier alpha value is -3.14. The van der Waals surface area contributed by atoms with Gasteiger partial charge < -0.3 is 28.7 Å². The highest BCUT2D eigenvalue weighted by Crippen LogP contribution is 2.28. The topological polar surface area (TPSA) is 80.8 Å². The van der Waals surface area contributed by atoms with Crippen molar-refractivity contribution in [1.82, 2.24) is 14.7 Å². The highest BCUT2D eigenvalue weighted by Gasteiger charge is 2.29. The van der Waals surface area contributed by atoms with Gasteiger partial charge in [0.05, 0.1) is 40.1 Å². The van der Waals surface area contributed by atoms with E-state index in [1.807, 2.05) is 35.2 Å². The van der Waals surface area contributed by atoms with Crippen LogP contribution in [0, 0.1) is 0 Å². The van der Waals surface area contributed by atoms with Crippen molar-refractivity contribution >= 4 is 11.8 Å². The van der Waals surface area contributed by atoms with Crippen LogP contribution >= 0.6 is 0 Å². The fraction of sp³-hybridized carbons (Fsp3) is 0.481.